The van der Waals surface area contributed by atoms with Crippen LogP contribution >= 0.6 is 0 Å². The van der Waals surface area contributed by atoms with E-state index in [-0.39, 0.29) is 6.61 Å². The number of aryl methyl sites for hydroxylation is 4. The second kappa shape index (κ2) is 7.94. The molecule has 0 heterocycles. The number of aliphatic hydroxyl groups is 1. The van der Waals surface area contributed by atoms with Gasteiger partial charge in [0.1, 0.15) is 0 Å². The van der Waals surface area contributed by atoms with Crippen LogP contribution in [-0.4, -0.2) is 5.11 Å². The predicted octanol–water partition coefficient (Wildman–Crippen LogP) is 5.76. The molecule has 0 atom stereocenters. The fraction of sp³-hybridized carbons (Fsp3) is 0.231. The van der Waals surface area contributed by atoms with Gasteiger partial charge in [-0.1, -0.05) is 78.4 Å². The number of aliphatic hydroxyl groups excluding tert-OH is 1. The lowest BCUT2D eigenvalue weighted by Gasteiger charge is -2.11. The Kier molecular flexibility index (Phi) is 5.22. The highest BCUT2D eigenvalue weighted by Crippen LogP contribution is 2.37. The molecule has 0 radical (unpaired) electrons. The van der Waals surface area contributed by atoms with E-state index in [0.717, 1.165) is 36.8 Å². The smallest absolute Gasteiger partial charge is 0.0687 e. The fourth-order valence-electron chi connectivity index (χ4n) is 4.06. The second-order valence-electron chi connectivity index (χ2n) is 7.46. The van der Waals surface area contributed by atoms with Gasteiger partial charge in [-0.25, -0.2) is 0 Å². The predicted molar refractivity (Wildman–Crippen MR) is 114 cm³/mol. The van der Waals surface area contributed by atoms with Crippen LogP contribution in [0.25, 0.3) is 11.6 Å². The van der Waals surface area contributed by atoms with Crippen molar-refractivity contribution >= 4 is 11.6 Å². The Morgan fingerprint density at radius 2 is 1.59 bits per heavy atom. The van der Waals surface area contributed by atoms with Crippen molar-refractivity contribution in [2.45, 2.75) is 39.2 Å². The van der Waals surface area contributed by atoms with Crippen LogP contribution < -0.4 is 0 Å². The van der Waals surface area contributed by atoms with Gasteiger partial charge in [-0.2, -0.15) is 0 Å². The number of fused-ring (bicyclic) bond motifs is 1. The molecule has 1 heteroatoms. The van der Waals surface area contributed by atoms with Gasteiger partial charge in [0.05, 0.1) is 6.61 Å². The zero-order chi connectivity index (χ0) is 18.6. The molecule has 0 aromatic heterocycles. The van der Waals surface area contributed by atoms with Crippen LogP contribution in [0.15, 0.2) is 66.7 Å². The van der Waals surface area contributed by atoms with Gasteiger partial charge in [0.15, 0.2) is 0 Å². The van der Waals surface area contributed by atoms with E-state index in [9.17, 15) is 5.11 Å². The molecule has 0 unspecified atom stereocenters. The fourth-order valence-corrected chi connectivity index (χ4v) is 4.06. The molecule has 1 aliphatic rings. The van der Waals surface area contributed by atoms with Crippen molar-refractivity contribution in [3.63, 3.8) is 0 Å². The van der Waals surface area contributed by atoms with Crippen molar-refractivity contribution in [1.29, 1.82) is 0 Å². The normalized spacial score (nSPS) is 14.5. The number of allylic oxidation sites excluding steroid dienone is 1. The molecule has 1 N–H and O–H groups in total. The highest BCUT2D eigenvalue weighted by molar-refractivity contribution is 5.87. The molecule has 0 saturated carbocycles. The minimum Gasteiger partial charge on any atom is -0.392 e. The van der Waals surface area contributed by atoms with Gasteiger partial charge < -0.3 is 5.11 Å². The van der Waals surface area contributed by atoms with E-state index in [1.54, 1.807) is 0 Å². The Balaban J connectivity index is 1.64. The first-order valence-corrected chi connectivity index (χ1v) is 9.80. The van der Waals surface area contributed by atoms with Crippen LogP contribution in [0.3, 0.4) is 0 Å². The molecule has 27 heavy (non-hydrogen) atoms. The summed E-state index contributed by atoms with van der Waals surface area (Å²) in [5.41, 5.74) is 10.6. The third-order valence-electron chi connectivity index (χ3n) is 5.58. The molecule has 0 fully saturated rings. The SMILES string of the molecule is Cc1ccc(CCc2cccc3c2/C(=C/c2ccccc2CO)CC3)cc1. The summed E-state index contributed by atoms with van der Waals surface area (Å²) in [4.78, 5) is 0. The Morgan fingerprint density at radius 1 is 0.815 bits per heavy atom. The highest BCUT2D eigenvalue weighted by Gasteiger charge is 2.19. The maximum atomic E-state index is 9.64. The molecule has 136 valence electrons. The van der Waals surface area contributed by atoms with E-state index >= 15 is 0 Å². The first kappa shape index (κ1) is 17.8. The largest absolute Gasteiger partial charge is 0.392 e. The van der Waals surface area contributed by atoms with Crippen LogP contribution in [0.4, 0.5) is 0 Å². The molecule has 3 aromatic rings. The molecule has 1 aliphatic carbocycles. The molecule has 0 spiro atoms. The molecule has 0 amide bonds. The summed E-state index contributed by atoms with van der Waals surface area (Å²) in [6.45, 7) is 2.22. The topological polar surface area (TPSA) is 20.2 Å². The minimum absolute atomic E-state index is 0.0852. The Bertz CT molecular complexity index is 964. The van der Waals surface area contributed by atoms with Gasteiger partial charge in [-0.15, -0.1) is 0 Å². The highest BCUT2D eigenvalue weighted by atomic mass is 16.3. The van der Waals surface area contributed by atoms with Crippen LogP contribution in [0.1, 0.15) is 45.4 Å². The zero-order valence-electron chi connectivity index (χ0n) is 15.9. The summed E-state index contributed by atoms with van der Waals surface area (Å²) in [6, 6.07) is 23.8. The van der Waals surface area contributed by atoms with Crippen molar-refractivity contribution in [1.82, 2.24) is 0 Å². The first-order chi connectivity index (χ1) is 13.2. The van der Waals surface area contributed by atoms with Gasteiger partial charge in [-0.3, -0.25) is 0 Å². The Morgan fingerprint density at radius 3 is 2.41 bits per heavy atom. The summed E-state index contributed by atoms with van der Waals surface area (Å²) in [5.74, 6) is 0. The van der Waals surface area contributed by atoms with E-state index in [0.29, 0.717) is 0 Å². The van der Waals surface area contributed by atoms with Crippen molar-refractivity contribution in [3.05, 3.63) is 106 Å². The lowest BCUT2D eigenvalue weighted by Crippen LogP contribution is -1.97. The monoisotopic (exact) mass is 354 g/mol. The van der Waals surface area contributed by atoms with E-state index in [4.69, 9.17) is 0 Å². The molecule has 0 saturated heterocycles. The van der Waals surface area contributed by atoms with Gasteiger partial charge in [-0.05, 0) is 71.6 Å². The van der Waals surface area contributed by atoms with Gasteiger partial charge in [0, 0.05) is 0 Å². The van der Waals surface area contributed by atoms with Crippen LogP contribution in [-0.2, 0) is 25.9 Å². The number of rotatable bonds is 5. The number of hydrogen-bond donors (Lipinski definition) is 1. The van der Waals surface area contributed by atoms with Crippen molar-refractivity contribution in [2.24, 2.45) is 0 Å². The third kappa shape index (κ3) is 3.89. The van der Waals surface area contributed by atoms with Crippen molar-refractivity contribution < 1.29 is 5.11 Å². The summed E-state index contributed by atoms with van der Waals surface area (Å²) in [5, 5.41) is 9.64. The second-order valence-corrected chi connectivity index (χ2v) is 7.46. The molecule has 0 aliphatic heterocycles. The average molecular weight is 354 g/mol. The summed E-state index contributed by atoms with van der Waals surface area (Å²) in [7, 11) is 0. The third-order valence-corrected chi connectivity index (χ3v) is 5.58. The molecule has 1 nitrogen and oxygen atoms in total. The van der Waals surface area contributed by atoms with E-state index in [1.165, 1.54) is 33.4 Å². The lowest BCUT2D eigenvalue weighted by atomic mass is 9.93. The number of hydrogen-bond acceptors (Lipinski definition) is 1. The van der Waals surface area contributed by atoms with Gasteiger partial charge in [0.2, 0.25) is 0 Å². The average Bonchev–Trinajstić information content (AvgIpc) is 3.11. The van der Waals surface area contributed by atoms with E-state index in [2.05, 4.69) is 61.5 Å². The van der Waals surface area contributed by atoms with Gasteiger partial charge >= 0.3 is 0 Å². The van der Waals surface area contributed by atoms with Crippen molar-refractivity contribution in [3.8, 4) is 0 Å². The van der Waals surface area contributed by atoms with E-state index in [1.807, 2.05) is 18.2 Å². The molecule has 4 rings (SSSR count). The van der Waals surface area contributed by atoms with Crippen LogP contribution in [0.5, 0.6) is 0 Å². The van der Waals surface area contributed by atoms with E-state index < -0.39 is 0 Å². The molecular formula is C26H26O. The molecular weight excluding hydrogens is 328 g/mol. The zero-order valence-corrected chi connectivity index (χ0v) is 15.9. The quantitative estimate of drug-likeness (QED) is 0.618. The number of benzene rings is 3. The van der Waals surface area contributed by atoms with Gasteiger partial charge in [0.25, 0.3) is 0 Å². The van der Waals surface area contributed by atoms with Crippen LogP contribution in [0.2, 0.25) is 0 Å². The first-order valence-electron chi connectivity index (χ1n) is 9.80. The maximum absolute atomic E-state index is 9.64. The Labute approximate surface area is 162 Å². The molecule has 3 aromatic carbocycles. The summed E-state index contributed by atoms with van der Waals surface area (Å²) in [6.07, 6.45) is 6.60. The van der Waals surface area contributed by atoms with Crippen molar-refractivity contribution in [2.75, 3.05) is 0 Å². The maximum Gasteiger partial charge on any atom is 0.0687 e. The standard InChI is InChI=1S/C26H26O/c1-19-9-11-20(12-10-19)13-14-21-7-4-8-22-15-16-24(26(21)22)17-23-5-2-3-6-25(23)18-27/h2-12,17,27H,13-16,18H2,1H3/b24-17+. The van der Waals surface area contributed by atoms with Crippen LogP contribution in [0, 0.1) is 6.92 Å². The summed E-state index contributed by atoms with van der Waals surface area (Å²) < 4.78 is 0. The molecule has 0 bridgehead atoms. The summed E-state index contributed by atoms with van der Waals surface area (Å²) >= 11 is 0. The minimum atomic E-state index is 0.0852. The Hall–Kier alpha value is -2.64. The lowest BCUT2D eigenvalue weighted by molar-refractivity contribution is 0.281.